The molecule has 0 N–H and O–H groups in total. The van der Waals surface area contributed by atoms with E-state index in [1.807, 2.05) is 12.4 Å². The molecule has 6 nitrogen and oxygen atoms in total. The van der Waals surface area contributed by atoms with Crippen molar-refractivity contribution in [3.8, 4) is 11.5 Å². The van der Waals surface area contributed by atoms with Gasteiger partial charge >= 0.3 is 0 Å². The van der Waals surface area contributed by atoms with Crippen molar-refractivity contribution in [3.05, 3.63) is 41.5 Å². The van der Waals surface area contributed by atoms with Crippen molar-refractivity contribution < 1.29 is 14.2 Å². The second-order valence-electron chi connectivity index (χ2n) is 6.23. The van der Waals surface area contributed by atoms with Gasteiger partial charge in [-0.2, -0.15) is 0 Å². The number of aromatic nitrogens is 2. The molecule has 1 aromatic carbocycles. The van der Waals surface area contributed by atoms with Gasteiger partial charge in [0, 0.05) is 51.5 Å². The third-order valence-electron chi connectivity index (χ3n) is 4.49. The largest absolute Gasteiger partial charge is 0.497 e. The highest BCUT2D eigenvalue weighted by Gasteiger charge is 2.29. The van der Waals surface area contributed by atoms with Crippen LogP contribution in [0.4, 0.5) is 0 Å². The quantitative estimate of drug-likeness (QED) is 0.812. The predicted octanol–water partition coefficient (Wildman–Crippen LogP) is 2.18. The Hall–Kier alpha value is -2.05. The van der Waals surface area contributed by atoms with Crippen LogP contribution in [0.5, 0.6) is 11.5 Å². The summed E-state index contributed by atoms with van der Waals surface area (Å²) in [5.41, 5.74) is 3.60. The summed E-state index contributed by atoms with van der Waals surface area (Å²) in [5.74, 6) is 1.96. The lowest BCUT2D eigenvalue weighted by Crippen LogP contribution is -2.35. The molecule has 130 valence electrons. The van der Waals surface area contributed by atoms with Crippen molar-refractivity contribution in [1.82, 2.24) is 14.5 Å². The van der Waals surface area contributed by atoms with E-state index in [1.165, 1.54) is 11.3 Å². The number of hydrogen-bond donors (Lipinski definition) is 0. The van der Waals surface area contributed by atoms with Crippen LogP contribution >= 0.6 is 0 Å². The van der Waals surface area contributed by atoms with E-state index in [2.05, 4.69) is 33.6 Å². The topological polar surface area (TPSA) is 48.8 Å². The number of ether oxygens (including phenoxy) is 3. The van der Waals surface area contributed by atoms with E-state index in [9.17, 15) is 0 Å². The van der Waals surface area contributed by atoms with Crippen molar-refractivity contribution in [2.75, 3.05) is 34.5 Å². The molecule has 24 heavy (non-hydrogen) atoms. The van der Waals surface area contributed by atoms with Crippen LogP contribution in [-0.4, -0.2) is 48.9 Å². The van der Waals surface area contributed by atoms with E-state index in [0.717, 1.165) is 36.8 Å². The first-order valence-electron chi connectivity index (χ1n) is 8.08. The lowest BCUT2D eigenvalue weighted by molar-refractivity contribution is 0.132. The van der Waals surface area contributed by atoms with Crippen LogP contribution in [0.15, 0.2) is 24.5 Å². The van der Waals surface area contributed by atoms with Crippen LogP contribution in [0.1, 0.15) is 22.9 Å². The molecule has 0 aliphatic carbocycles. The van der Waals surface area contributed by atoms with Gasteiger partial charge in [0.25, 0.3) is 0 Å². The van der Waals surface area contributed by atoms with Crippen LogP contribution in [0.3, 0.4) is 0 Å². The van der Waals surface area contributed by atoms with Crippen LogP contribution in [0, 0.1) is 0 Å². The molecule has 0 amide bonds. The first-order chi connectivity index (χ1) is 11.6. The smallest absolute Gasteiger partial charge is 0.122 e. The molecule has 3 rings (SSSR count). The molecular weight excluding hydrogens is 306 g/mol. The van der Waals surface area contributed by atoms with Crippen LogP contribution < -0.4 is 9.47 Å². The Kier molecular flexibility index (Phi) is 5.06. The molecule has 1 aliphatic heterocycles. The van der Waals surface area contributed by atoms with Crippen molar-refractivity contribution in [1.29, 1.82) is 0 Å². The van der Waals surface area contributed by atoms with E-state index < -0.39 is 0 Å². The zero-order valence-electron chi connectivity index (χ0n) is 14.8. The molecule has 0 spiro atoms. The highest BCUT2D eigenvalue weighted by molar-refractivity contribution is 5.38. The minimum atomic E-state index is 0.332. The van der Waals surface area contributed by atoms with Gasteiger partial charge in [0.2, 0.25) is 0 Å². The standard InChI is InChI=1S/C18H25N3O3/c1-20-12-19-17-10-21(9-14(11-22-2)18(17)20)8-13-5-15(23-3)7-16(6-13)24-4/h5-7,12,14H,8-11H2,1-4H3/t14-/m0/s1. The van der Waals surface area contributed by atoms with Crippen LogP contribution in [0.2, 0.25) is 0 Å². The van der Waals surface area contributed by atoms with Crippen molar-refractivity contribution in [2.45, 2.75) is 19.0 Å². The summed E-state index contributed by atoms with van der Waals surface area (Å²) in [6, 6.07) is 6.01. The van der Waals surface area contributed by atoms with Gasteiger partial charge in [0.15, 0.2) is 0 Å². The van der Waals surface area contributed by atoms with Gasteiger partial charge < -0.3 is 18.8 Å². The maximum Gasteiger partial charge on any atom is 0.122 e. The minimum absolute atomic E-state index is 0.332. The molecule has 1 aliphatic rings. The molecule has 0 bridgehead atoms. The molecule has 0 saturated carbocycles. The first kappa shape index (κ1) is 16.8. The Labute approximate surface area is 143 Å². The Morgan fingerprint density at radius 3 is 2.46 bits per heavy atom. The molecule has 2 heterocycles. The average Bonchev–Trinajstić information content (AvgIpc) is 2.96. The Bertz CT molecular complexity index is 677. The molecule has 6 heteroatoms. The molecule has 0 radical (unpaired) electrons. The SMILES string of the molecule is COC[C@@H]1CN(Cc2cc(OC)cc(OC)c2)Cc2ncn(C)c21. The minimum Gasteiger partial charge on any atom is -0.497 e. The summed E-state index contributed by atoms with van der Waals surface area (Å²) < 4.78 is 18.3. The number of methoxy groups -OCH3 is 3. The predicted molar refractivity (Wildman–Crippen MR) is 91.5 cm³/mol. The first-order valence-corrected chi connectivity index (χ1v) is 8.08. The van der Waals surface area contributed by atoms with E-state index in [-0.39, 0.29) is 0 Å². The number of benzene rings is 1. The summed E-state index contributed by atoms with van der Waals surface area (Å²) >= 11 is 0. The molecular formula is C18H25N3O3. The fourth-order valence-electron chi connectivity index (χ4n) is 3.48. The normalized spacial score (nSPS) is 17.6. The summed E-state index contributed by atoms with van der Waals surface area (Å²) in [6.45, 7) is 3.31. The number of rotatable bonds is 6. The van der Waals surface area contributed by atoms with Gasteiger partial charge in [-0.1, -0.05) is 0 Å². The Balaban J connectivity index is 1.81. The molecule has 0 saturated heterocycles. The van der Waals surface area contributed by atoms with Crippen LogP contribution in [-0.2, 0) is 24.9 Å². The zero-order valence-corrected chi connectivity index (χ0v) is 14.8. The third-order valence-corrected chi connectivity index (χ3v) is 4.49. The highest BCUT2D eigenvalue weighted by atomic mass is 16.5. The monoisotopic (exact) mass is 331 g/mol. The lowest BCUT2D eigenvalue weighted by Gasteiger charge is -2.32. The summed E-state index contributed by atoms with van der Waals surface area (Å²) in [4.78, 5) is 6.96. The molecule has 1 aromatic heterocycles. The maximum atomic E-state index is 5.43. The van der Waals surface area contributed by atoms with Gasteiger partial charge in [-0.25, -0.2) is 4.98 Å². The van der Waals surface area contributed by atoms with Crippen molar-refractivity contribution in [3.63, 3.8) is 0 Å². The average molecular weight is 331 g/mol. The van der Waals surface area contributed by atoms with E-state index in [1.54, 1.807) is 21.3 Å². The summed E-state index contributed by atoms with van der Waals surface area (Å²) in [5, 5.41) is 0. The third kappa shape index (κ3) is 3.39. The van der Waals surface area contributed by atoms with Gasteiger partial charge in [0.05, 0.1) is 32.8 Å². The number of aryl methyl sites for hydroxylation is 1. The number of hydrogen-bond acceptors (Lipinski definition) is 5. The second kappa shape index (κ2) is 7.23. The van der Waals surface area contributed by atoms with E-state index in [4.69, 9.17) is 14.2 Å². The zero-order chi connectivity index (χ0) is 17.1. The molecule has 0 fully saturated rings. The van der Waals surface area contributed by atoms with Gasteiger partial charge in [0.1, 0.15) is 11.5 Å². The Morgan fingerprint density at radius 1 is 1.12 bits per heavy atom. The van der Waals surface area contributed by atoms with Gasteiger partial charge in [-0.3, -0.25) is 4.90 Å². The number of imidazole rings is 1. The van der Waals surface area contributed by atoms with E-state index >= 15 is 0 Å². The van der Waals surface area contributed by atoms with Gasteiger partial charge in [-0.15, -0.1) is 0 Å². The second-order valence-corrected chi connectivity index (χ2v) is 6.23. The molecule has 1 atom stereocenters. The number of fused-ring (bicyclic) bond motifs is 1. The molecule has 0 unspecified atom stereocenters. The molecule has 2 aromatic rings. The summed E-state index contributed by atoms with van der Waals surface area (Å²) in [7, 11) is 7.15. The fraction of sp³-hybridized carbons (Fsp3) is 0.500. The highest BCUT2D eigenvalue weighted by Crippen LogP contribution is 2.30. The number of nitrogens with zero attached hydrogens (tertiary/aromatic N) is 3. The Morgan fingerprint density at radius 2 is 1.83 bits per heavy atom. The van der Waals surface area contributed by atoms with Crippen molar-refractivity contribution in [2.24, 2.45) is 7.05 Å². The van der Waals surface area contributed by atoms with Crippen LogP contribution in [0.25, 0.3) is 0 Å². The maximum absolute atomic E-state index is 5.43. The summed E-state index contributed by atoms with van der Waals surface area (Å²) in [6.07, 6.45) is 1.89. The van der Waals surface area contributed by atoms with Crippen molar-refractivity contribution >= 4 is 0 Å². The van der Waals surface area contributed by atoms with Gasteiger partial charge in [-0.05, 0) is 17.7 Å². The lowest BCUT2D eigenvalue weighted by atomic mass is 9.98. The fourth-order valence-corrected chi connectivity index (χ4v) is 3.48. The van der Waals surface area contributed by atoms with E-state index in [0.29, 0.717) is 12.5 Å².